The van der Waals surface area contributed by atoms with E-state index in [1.807, 2.05) is 61.5 Å². The van der Waals surface area contributed by atoms with Gasteiger partial charge in [-0.1, -0.05) is 49.0 Å². The average molecular weight is 301 g/mol. The van der Waals surface area contributed by atoms with Gasteiger partial charge in [-0.3, -0.25) is 4.79 Å². The molecule has 0 bridgehead atoms. The van der Waals surface area contributed by atoms with Gasteiger partial charge in [0.2, 0.25) is 0 Å². The lowest BCUT2D eigenvalue weighted by atomic mass is 10.1. The molecule has 2 rings (SSSR count). The van der Waals surface area contributed by atoms with Gasteiger partial charge in [-0.05, 0) is 30.2 Å². The van der Waals surface area contributed by atoms with Crippen molar-refractivity contribution in [3.63, 3.8) is 0 Å². The van der Waals surface area contributed by atoms with Crippen LogP contribution >= 0.6 is 11.8 Å². The SMILES string of the molecule is CC(CO)CNC(=O)c1ccccc1Sc1ccccc1. The zero-order valence-electron chi connectivity index (χ0n) is 12.0. The average Bonchev–Trinajstić information content (AvgIpc) is 2.53. The zero-order chi connectivity index (χ0) is 15.1. The molecule has 0 saturated heterocycles. The lowest BCUT2D eigenvalue weighted by Crippen LogP contribution is -2.29. The fourth-order valence-corrected chi connectivity index (χ4v) is 2.75. The van der Waals surface area contributed by atoms with Crippen molar-refractivity contribution in [2.75, 3.05) is 13.2 Å². The normalized spacial score (nSPS) is 11.9. The third kappa shape index (κ3) is 4.62. The van der Waals surface area contributed by atoms with Crippen LogP contribution in [-0.4, -0.2) is 24.2 Å². The number of amides is 1. The molecule has 1 unspecified atom stereocenters. The van der Waals surface area contributed by atoms with Crippen molar-refractivity contribution in [2.24, 2.45) is 5.92 Å². The monoisotopic (exact) mass is 301 g/mol. The number of aliphatic hydroxyl groups is 1. The summed E-state index contributed by atoms with van der Waals surface area (Å²) in [5, 5.41) is 11.9. The van der Waals surface area contributed by atoms with E-state index in [1.54, 1.807) is 11.8 Å². The molecule has 1 atom stereocenters. The Balaban J connectivity index is 2.11. The first kappa shape index (κ1) is 15.6. The minimum atomic E-state index is -0.102. The first-order valence-corrected chi connectivity index (χ1v) is 7.73. The maximum Gasteiger partial charge on any atom is 0.252 e. The quantitative estimate of drug-likeness (QED) is 0.861. The standard InChI is InChI=1S/C17H19NO2S/c1-13(12-19)11-18-17(20)15-9-5-6-10-16(15)21-14-7-3-2-4-8-14/h2-10,13,19H,11-12H2,1H3,(H,18,20). The molecule has 0 aliphatic rings. The topological polar surface area (TPSA) is 49.3 Å². The summed E-state index contributed by atoms with van der Waals surface area (Å²) < 4.78 is 0. The van der Waals surface area contributed by atoms with Gasteiger partial charge in [0.05, 0.1) is 5.56 Å². The lowest BCUT2D eigenvalue weighted by molar-refractivity contribution is 0.0939. The predicted octanol–water partition coefficient (Wildman–Crippen LogP) is 3.20. The second-order valence-electron chi connectivity index (χ2n) is 4.91. The van der Waals surface area contributed by atoms with E-state index in [9.17, 15) is 4.79 Å². The van der Waals surface area contributed by atoms with Crippen LogP contribution in [0.15, 0.2) is 64.4 Å². The minimum absolute atomic E-state index is 0.0582. The van der Waals surface area contributed by atoms with Crippen LogP contribution in [0, 0.1) is 5.92 Å². The third-order valence-corrected chi connectivity index (χ3v) is 4.11. The number of carbonyl (C=O) groups is 1. The van der Waals surface area contributed by atoms with Crippen LogP contribution in [0.3, 0.4) is 0 Å². The molecular formula is C17H19NO2S. The second-order valence-corrected chi connectivity index (χ2v) is 6.02. The van der Waals surface area contributed by atoms with Crippen LogP contribution in [0.25, 0.3) is 0 Å². The lowest BCUT2D eigenvalue weighted by Gasteiger charge is -2.12. The number of hydrogen-bond acceptors (Lipinski definition) is 3. The Morgan fingerprint density at radius 3 is 2.52 bits per heavy atom. The molecule has 21 heavy (non-hydrogen) atoms. The van der Waals surface area contributed by atoms with Crippen molar-refractivity contribution < 1.29 is 9.90 Å². The number of hydrogen-bond donors (Lipinski definition) is 2. The van der Waals surface area contributed by atoms with Crippen LogP contribution < -0.4 is 5.32 Å². The zero-order valence-corrected chi connectivity index (χ0v) is 12.8. The summed E-state index contributed by atoms with van der Waals surface area (Å²) >= 11 is 1.57. The first-order valence-electron chi connectivity index (χ1n) is 6.91. The highest BCUT2D eigenvalue weighted by molar-refractivity contribution is 7.99. The van der Waals surface area contributed by atoms with Gasteiger partial charge in [-0.15, -0.1) is 0 Å². The summed E-state index contributed by atoms with van der Waals surface area (Å²) in [6, 6.07) is 17.5. The van der Waals surface area contributed by atoms with Gasteiger partial charge in [0.25, 0.3) is 5.91 Å². The van der Waals surface area contributed by atoms with Crippen LogP contribution in [0.2, 0.25) is 0 Å². The molecule has 4 heteroatoms. The molecule has 0 aliphatic heterocycles. The van der Waals surface area contributed by atoms with Crippen LogP contribution in [-0.2, 0) is 0 Å². The van der Waals surface area contributed by atoms with Gasteiger partial charge in [0.1, 0.15) is 0 Å². The summed E-state index contributed by atoms with van der Waals surface area (Å²) in [4.78, 5) is 14.3. The van der Waals surface area contributed by atoms with Gasteiger partial charge in [0.15, 0.2) is 0 Å². The van der Waals surface area contributed by atoms with E-state index in [4.69, 9.17) is 5.11 Å². The maximum atomic E-state index is 12.3. The molecule has 0 saturated carbocycles. The Morgan fingerprint density at radius 2 is 1.81 bits per heavy atom. The van der Waals surface area contributed by atoms with Crippen LogP contribution in [0.4, 0.5) is 0 Å². The molecule has 110 valence electrons. The molecular weight excluding hydrogens is 282 g/mol. The number of aliphatic hydroxyl groups excluding tert-OH is 1. The molecule has 0 aromatic heterocycles. The summed E-state index contributed by atoms with van der Waals surface area (Å²) in [6.45, 7) is 2.44. The fourth-order valence-electron chi connectivity index (χ4n) is 1.79. The Bertz CT molecular complexity index is 586. The number of nitrogens with one attached hydrogen (secondary N) is 1. The van der Waals surface area contributed by atoms with Gasteiger partial charge in [-0.2, -0.15) is 0 Å². The van der Waals surface area contributed by atoms with Crippen molar-refractivity contribution in [3.8, 4) is 0 Å². The number of benzene rings is 2. The summed E-state index contributed by atoms with van der Waals surface area (Å²) in [7, 11) is 0. The number of rotatable bonds is 6. The van der Waals surface area contributed by atoms with E-state index < -0.39 is 0 Å². The molecule has 2 aromatic carbocycles. The van der Waals surface area contributed by atoms with E-state index >= 15 is 0 Å². The Kier molecular flexibility index (Phi) is 5.84. The molecule has 0 fully saturated rings. The van der Waals surface area contributed by atoms with Crippen molar-refractivity contribution in [1.82, 2.24) is 5.32 Å². The van der Waals surface area contributed by atoms with Crippen LogP contribution in [0.5, 0.6) is 0 Å². The highest BCUT2D eigenvalue weighted by Crippen LogP contribution is 2.30. The highest BCUT2D eigenvalue weighted by Gasteiger charge is 2.12. The Hall–Kier alpha value is -1.78. The van der Waals surface area contributed by atoms with Crippen molar-refractivity contribution >= 4 is 17.7 Å². The Labute approximate surface area is 129 Å². The smallest absolute Gasteiger partial charge is 0.252 e. The molecule has 3 nitrogen and oxygen atoms in total. The largest absolute Gasteiger partial charge is 0.396 e. The molecule has 0 heterocycles. The molecule has 0 radical (unpaired) electrons. The third-order valence-electron chi connectivity index (χ3n) is 3.03. The fraction of sp³-hybridized carbons (Fsp3) is 0.235. The van der Waals surface area contributed by atoms with E-state index in [1.165, 1.54) is 0 Å². The summed E-state index contributed by atoms with van der Waals surface area (Å²) in [5.41, 5.74) is 0.663. The van der Waals surface area contributed by atoms with E-state index in [0.29, 0.717) is 12.1 Å². The summed E-state index contributed by atoms with van der Waals surface area (Å²) in [5.74, 6) is -0.0442. The predicted molar refractivity (Wildman–Crippen MR) is 85.6 cm³/mol. The van der Waals surface area contributed by atoms with Gasteiger partial charge < -0.3 is 10.4 Å². The Morgan fingerprint density at radius 1 is 1.14 bits per heavy atom. The molecule has 0 aliphatic carbocycles. The van der Waals surface area contributed by atoms with Gasteiger partial charge >= 0.3 is 0 Å². The molecule has 0 spiro atoms. The van der Waals surface area contributed by atoms with Crippen LogP contribution in [0.1, 0.15) is 17.3 Å². The molecule has 2 aromatic rings. The molecule has 1 amide bonds. The first-order chi connectivity index (χ1) is 10.2. The van der Waals surface area contributed by atoms with Gasteiger partial charge in [-0.25, -0.2) is 0 Å². The molecule has 2 N–H and O–H groups in total. The minimum Gasteiger partial charge on any atom is -0.396 e. The maximum absolute atomic E-state index is 12.3. The number of carbonyl (C=O) groups excluding carboxylic acids is 1. The van der Waals surface area contributed by atoms with Gasteiger partial charge in [0, 0.05) is 22.9 Å². The van der Waals surface area contributed by atoms with E-state index in [2.05, 4.69) is 5.32 Å². The van der Waals surface area contributed by atoms with Crippen molar-refractivity contribution in [1.29, 1.82) is 0 Å². The van der Waals surface area contributed by atoms with E-state index in [-0.39, 0.29) is 18.4 Å². The van der Waals surface area contributed by atoms with Crippen molar-refractivity contribution in [3.05, 3.63) is 60.2 Å². The second kappa shape index (κ2) is 7.86. The van der Waals surface area contributed by atoms with E-state index in [0.717, 1.165) is 9.79 Å². The summed E-state index contributed by atoms with van der Waals surface area (Å²) in [6.07, 6.45) is 0. The highest BCUT2D eigenvalue weighted by atomic mass is 32.2. The van der Waals surface area contributed by atoms with Crippen molar-refractivity contribution in [2.45, 2.75) is 16.7 Å².